The molecule has 7 heteroatoms. The van der Waals surface area contributed by atoms with Gasteiger partial charge in [-0.15, -0.1) is 0 Å². The van der Waals surface area contributed by atoms with E-state index in [0.29, 0.717) is 23.0 Å². The molecule has 0 aliphatic heterocycles. The summed E-state index contributed by atoms with van der Waals surface area (Å²) in [7, 11) is 3.09. The first-order valence-electron chi connectivity index (χ1n) is 5.93. The Balaban J connectivity index is 2.07. The van der Waals surface area contributed by atoms with Crippen LogP contribution in [0.4, 0.5) is 11.5 Å². The molecule has 1 aromatic carbocycles. The van der Waals surface area contributed by atoms with Crippen molar-refractivity contribution < 1.29 is 14.3 Å². The molecular weight excluding hydrogens is 260 g/mol. The molecule has 1 aromatic heterocycles. The van der Waals surface area contributed by atoms with E-state index in [9.17, 15) is 4.79 Å². The second-order valence-electron chi connectivity index (χ2n) is 4.05. The number of hydrogen-bond donors (Lipinski definition) is 2. The fourth-order valence-electron chi connectivity index (χ4n) is 1.70. The molecule has 0 bridgehead atoms. The van der Waals surface area contributed by atoms with Crippen LogP contribution in [0.3, 0.4) is 0 Å². The minimum Gasteiger partial charge on any atom is -0.497 e. The maximum Gasteiger partial charge on any atom is 0.246 e. The molecule has 20 heavy (non-hydrogen) atoms. The van der Waals surface area contributed by atoms with Gasteiger partial charge in [0.25, 0.3) is 0 Å². The number of ether oxygens (including phenoxy) is 2. The van der Waals surface area contributed by atoms with Crippen LogP contribution in [0, 0.1) is 0 Å². The third-order valence-electron chi connectivity index (χ3n) is 2.65. The number of nitrogens with one attached hydrogen (secondary N) is 1. The summed E-state index contributed by atoms with van der Waals surface area (Å²) < 4.78 is 11.8. The fourth-order valence-corrected chi connectivity index (χ4v) is 1.70. The van der Waals surface area contributed by atoms with Crippen molar-refractivity contribution in [2.75, 3.05) is 25.3 Å². The van der Waals surface area contributed by atoms with Crippen molar-refractivity contribution in [1.82, 2.24) is 9.78 Å². The van der Waals surface area contributed by atoms with Gasteiger partial charge in [0.1, 0.15) is 23.9 Å². The molecule has 7 nitrogen and oxygen atoms in total. The van der Waals surface area contributed by atoms with Gasteiger partial charge in [0.2, 0.25) is 5.91 Å². The largest absolute Gasteiger partial charge is 0.497 e. The van der Waals surface area contributed by atoms with Gasteiger partial charge in [-0.25, -0.2) is 0 Å². The Bertz CT molecular complexity index is 609. The lowest BCUT2D eigenvalue weighted by Crippen LogP contribution is -2.19. The molecule has 0 aliphatic carbocycles. The van der Waals surface area contributed by atoms with Crippen molar-refractivity contribution in [3.8, 4) is 11.5 Å². The van der Waals surface area contributed by atoms with Crippen molar-refractivity contribution in [3.05, 3.63) is 30.5 Å². The van der Waals surface area contributed by atoms with E-state index in [2.05, 4.69) is 10.4 Å². The zero-order valence-electron chi connectivity index (χ0n) is 11.3. The predicted octanol–water partition coefficient (Wildman–Crippen LogP) is 1.12. The van der Waals surface area contributed by atoms with Crippen molar-refractivity contribution in [3.63, 3.8) is 0 Å². The average molecular weight is 276 g/mol. The van der Waals surface area contributed by atoms with E-state index in [1.807, 2.05) is 0 Å². The molecule has 1 heterocycles. The van der Waals surface area contributed by atoms with Crippen LogP contribution in [-0.2, 0) is 11.3 Å². The lowest BCUT2D eigenvalue weighted by Gasteiger charge is -2.11. The zero-order chi connectivity index (χ0) is 14.5. The number of benzene rings is 1. The minimum absolute atomic E-state index is 0.0758. The van der Waals surface area contributed by atoms with Crippen molar-refractivity contribution in [2.45, 2.75) is 6.54 Å². The average Bonchev–Trinajstić information content (AvgIpc) is 2.84. The Morgan fingerprint density at radius 2 is 2.15 bits per heavy atom. The Morgan fingerprint density at radius 3 is 2.75 bits per heavy atom. The summed E-state index contributed by atoms with van der Waals surface area (Å²) in [5, 5.41) is 6.69. The first kappa shape index (κ1) is 13.7. The third kappa shape index (κ3) is 3.19. The number of nitrogens with two attached hydrogens (primary N) is 1. The SMILES string of the molecule is COc1ccc(NC(=O)Cn2ccc(N)n2)c(OC)c1. The van der Waals surface area contributed by atoms with Crippen LogP contribution >= 0.6 is 0 Å². The molecular formula is C13H16N4O3. The van der Waals surface area contributed by atoms with Crippen LogP contribution in [-0.4, -0.2) is 29.9 Å². The Hall–Kier alpha value is -2.70. The standard InChI is InChI=1S/C13H16N4O3/c1-19-9-3-4-10(11(7-9)20-2)15-13(18)8-17-6-5-12(14)16-17/h3-7H,8H2,1-2H3,(H2,14,16)(H,15,18). The van der Waals surface area contributed by atoms with Gasteiger partial charge in [0, 0.05) is 12.3 Å². The van der Waals surface area contributed by atoms with E-state index < -0.39 is 0 Å². The lowest BCUT2D eigenvalue weighted by molar-refractivity contribution is -0.116. The molecule has 0 saturated carbocycles. The molecule has 0 aliphatic rings. The Labute approximate surface area is 116 Å². The lowest BCUT2D eigenvalue weighted by atomic mass is 10.2. The number of anilines is 2. The van der Waals surface area contributed by atoms with Gasteiger partial charge in [-0.1, -0.05) is 0 Å². The number of rotatable bonds is 5. The predicted molar refractivity (Wildman–Crippen MR) is 74.8 cm³/mol. The summed E-state index contributed by atoms with van der Waals surface area (Å²) in [5.41, 5.74) is 6.05. The van der Waals surface area contributed by atoms with Gasteiger partial charge >= 0.3 is 0 Å². The van der Waals surface area contributed by atoms with Gasteiger partial charge in [0.05, 0.1) is 19.9 Å². The topological polar surface area (TPSA) is 91.4 Å². The van der Waals surface area contributed by atoms with Gasteiger partial charge < -0.3 is 20.5 Å². The maximum absolute atomic E-state index is 11.9. The molecule has 2 rings (SSSR count). The van der Waals surface area contributed by atoms with Crippen LogP contribution < -0.4 is 20.5 Å². The second-order valence-corrected chi connectivity index (χ2v) is 4.05. The number of nitrogen functional groups attached to an aromatic ring is 1. The Morgan fingerprint density at radius 1 is 1.35 bits per heavy atom. The summed E-state index contributed by atoms with van der Waals surface area (Å²) >= 11 is 0. The highest BCUT2D eigenvalue weighted by atomic mass is 16.5. The van der Waals surface area contributed by atoms with Crippen molar-refractivity contribution in [1.29, 1.82) is 0 Å². The molecule has 0 fully saturated rings. The van der Waals surface area contributed by atoms with Gasteiger partial charge in [-0.3, -0.25) is 9.48 Å². The number of aromatic nitrogens is 2. The smallest absolute Gasteiger partial charge is 0.246 e. The molecule has 0 unspecified atom stereocenters. The zero-order valence-corrected chi connectivity index (χ0v) is 11.3. The van der Waals surface area contributed by atoms with E-state index in [-0.39, 0.29) is 12.5 Å². The van der Waals surface area contributed by atoms with E-state index in [0.717, 1.165) is 0 Å². The quantitative estimate of drug-likeness (QED) is 0.854. The van der Waals surface area contributed by atoms with E-state index in [4.69, 9.17) is 15.2 Å². The van der Waals surface area contributed by atoms with E-state index >= 15 is 0 Å². The van der Waals surface area contributed by atoms with Crippen molar-refractivity contribution in [2.24, 2.45) is 0 Å². The fraction of sp³-hybridized carbons (Fsp3) is 0.231. The van der Waals surface area contributed by atoms with Gasteiger partial charge in [0.15, 0.2) is 0 Å². The summed E-state index contributed by atoms with van der Waals surface area (Å²) in [5.74, 6) is 1.33. The van der Waals surface area contributed by atoms with Crippen LogP contribution in [0.1, 0.15) is 0 Å². The monoisotopic (exact) mass is 276 g/mol. The molecule has 0 atom stereocenters. The Kier molecular flexibility index (Phi) is 4.09. The molecule has 0 spiro atoms. The number of carbonyl (C=O) groups is 1. The van der Waals surface area contributed by atoms with Crippen LogP contribution in [0.5, 0.6) is 11.5 Å². The van der Waals surface area contributed by atoms with Gasteiger partial charge in [-0.05, 0) is 18.2 Å². The summed E-state index contributed by atoms with van der Waals surface area (Å²) in [6, 6.07) is 6.78. The number of methoxy groups -OCH3 is 2. The first-order chi connectivity index (χ1) is 9.62. The van der Waals surface area contributed by atoms with E-state index in [1.54, 1.807) is 37.6 Å². The second kappa shape index (κ2) is 5.96. The van der Waals surface area contributed by atoms with Crippen molar-refractivity contribution >= 4 is 17.4 Å². The highest BCUT2D eigenvalue weighted by Gasteiger charge is 2.09. The summed E-state index contributed by atoms with van der Waals surface area (Å²) in [4.78, 5) is 11.9. The van der Waals surface area contributed by atoms with E-state index in [1.165, 1.54) is 11.8 Å². The molecule has 0 radical (unpaired) electrons. The summed E-state index contributed by atoms with van der Waals surface area (Å²) in [6.07, 6.45) is 1.64. The molecule has 3 N–H and O–H groups in total. The molecule has 106 valence electrons. The van der Waals surface area contributed by atoms with Crippen LogP contribution in [0.2, 0.25) is 0 Å². The highest BCUT2D eigenvalue weighted by molar-refractivity contribution is 5.92. The number of carbonyl (C=O) groups excluding carboxylic acids is 1. The van der Waals surface area contributed by atoms with Crippen LogP contribution in [0.25, 0.3) is 0 Å². The third-order valence-corrected chi connectivity index (χ3v) is 2.65. The number of amides is 1. The number of hydrogen-bond acceptors (Lipinski definition) is 5. The molecule has 1 amide bonds. The molecule has 2 aromatic rings. The highest BCUT2D eigenvalue weighted by Crippen LogP contribution is 2.28. The maximum atomic E-state index is 11.9. The number of nitrogens with zero attached hydrogens (tertiary/aromatic N) is 2. The first-order valence-corrected chi connectivity index (χ1v) is 5.93. The normalized spacial score (nSPS) is 10.1. The minimum atomic E-state index is -0.225. The molecule has 0 saturated heterocycles. The summed E-state index contributed by atoms with van der Waals surface area (Å²) in [6.45, 7) is 0.0758. The van der Waals surface area contributed by atoms with Crippen LogP contribution in [0.15, 0.2) is 30.5 Å². The van der Waals surface area contributed by atoms with Gasteiger partial charge in [-0.2, -0.15) is 5.10 Å².